The molecule has 0 saturated heterocycles. The molecule has 1 aromatic carbocycles. The highest BCUT2D eigenvalue weighted by Gasteiger charge is 2.36. The van der Waals surface area contributed by atoms with Gasteiger partial charge in [-0.15, -0.1) is 0 Å². The maximum atomic E-state index is 6.41. The lowest BCUT2D eigenvalue weighted by atomic mass is 9.98. The van der Waals surface area contributed by atoms with E-state index in [0.29, 0.717) is 11.7 Å². The summed E-state index contributed by atoms with van der Waals surface area (Å²) in [6.45, 7) is 0. The van der Waals surface area contributed by atoms with Crippen molar-refractivity contribution in [2.24, 2.45) is 5.73 Å². The topological polar surface area (TPSA) is 103 Å². The summed E-state index contributed by atoms with van der Waals surface area (Å²) in [6, 6.07) is 7.70. The van der Waals surface area contributed by atoms with E-state index in [1.54, 1.807) is 13.3 Å². The van der Waals surface area contributed by atoms with E-state index in [-0.39, 0.29) is 0 Å². The monoisotopic (exact) mass is 325 g/mol. The van der Waals surface area contributed by atoms with E-state index in [9.17, 15) is 0 Å². The predicted molar refractivity (Wildman–Crippen MR) is 88.2 cm³/mol. The summed E-state index contributed by atoms with van der Waals surface area (Å²) in [6.07, 6.45) is 5.67. The van der Waals surface area contributed by atoms with Crippen molar-refractivity contribution in [3.05, 3.63) is 36.3 Å². The van der Waals surface area contributed by atoms with Crippen LogP contribution < -0.4 is 10.5 Å². The van der Waals surface area contributed by atoms with E-state index in [0.717, 1.165) is 48.3 Å². The molecule has 1 fully saturated rings. The standard InChI is InChI=1S/C17H19N5O2/c1-23-12-6-4-11(5-7-12)14-13(10-19-21-14)15-20-16(22-24-15)17(18)8-2-3-9-17/h4-7,10H,2-3,8-9,18H2,1H3,(H,19,21). The fourth-order valence-corrected chi connectivity index (χ4v) is 3.19. The molecule has 24 heavy (non-hydrogen) atoms. The fourth-order valence-electron chi connectivity index (χ4n) is 3.19. The van der Waals surface area contributed by atoms with Crippen LogP contribution in [0.25, 0.3) is 22.7 Å². The van der Waals surface area contributed by atoms with Crippen molar-refractivity contribution in [2.45, 2.75) is 31.2 Å². The van der Waals surface area contributed by atoms with Gasteiger partial charge < -0.3 is 15.0 Å². The highest BCUT2D eigenvalue weighted by atomic mass is 16.5. The number of nitrogens with zero attached hydrogens (tertiary/aromatic N) is 3. The van der Waals surface area contributed by atoms with Crippen LogP contribution in [0.3, 0.4) is 0 Å². The summed E-state index contributed by atoms with van der Waals surface area (Å²) in [5.41, 5.74) is 8.49. The van der Waals surface area contributed by atoms with Crippen molar-refractivity contribution in [1.29, 1.82) is 0 Å². The van der Waals surface area contributed by atoms with Crippen molar-refractivity contribution >= 4 is 0 Å². The van der Waals surface area contributed by atoms with Crippen LogP contribution in [0.5, 0.6) is 5.75 Å². The van der Waals surface area contributed by atoms with Gasteiger partial charge in [0.1, 0.15) is 5.75 Å². The first-order valence-electron chi connectivity index (χ1n) is 8.01. The second kappa shape index (κ2) is 5.76. The highest BCUT2D eigenvalue weighted by Crippen LogP contribution is 2.36. The molecule has 3 N–H and O–H groups in total. The lowest BCUT2D eigenvalue weighted by molar-refractivity contribution is 0.372. The summed E-state index contributed by atoms with van der Waals surface area (Å²) in [4.78, 5) is 4.54. The Balaban J connectivity index is 1.68. The minimum atomic E-state index is -0.467. The third-order valence-electron chi connectivity index (χ3n) is 4.62. The summed E-state index contributed by atoms with van der Waals surface area (Å²) >= 11 is 0. The number of ether oxygens (including phenoxy) is 1. The maximum Gasteiger partial charge on any atom is 0.261 e. The summed E-state index contributed by atoms with van der Waals surface area (Å²) in [5, 5.41) is 11.2. The number of hydrogen-bond acceptors (Lipinski definition) is 6. The molecule has 3 aromatic rings. The van der Waals surface area contributed by atoms with Gasteiger partial charge in [-0.2, -0.15) is 10.1 Å². The minimum absolute atomic E-state index is 0.432. The molecule has 0 unspecified atom stereocenters. The first-order valence-corrected chi connectivity index (χ1v) is 8.01. The van der Waals surface area contributed by atoms with E-state index >= 15 is 0 Å². The number of methoxy groups -OCH3 is 1. The predicted octanol–water partition coefficient (Wildman–Crippen LogP) is 2.86. The molecule has 124 valence electrons. The zero-order chi connectivity index (χ0) is 16.6. The SMILES string of the molecule is COc1ccc(-c2[nH]ncc2-c2nc(C3(N)CCCC3)no2)cc1. The Morgan fingerprint density at radius 1 is 1.21 bits per heavy atom. The largest absolute Gasteiger partial charge is 0.497 e. The normalized spacial score (nSPS) is 16.4. The molecule has 1 aliphatic carbocycles. The average Bonchev–Trinajstić information content (AvgIpc) is 3.34. The van der Waals surface area contributed by atoms with Crippen LogP contribution in [-0.2, 0) is 5.54 Å². The Hall–Kier alpha value is -2.67. The number of nitrogens with one attached hydrogen (secondary N) is 1. The molecule has 0 amide bonds. The number of aromatic amines is 1. The number of rotatable bonds is 4. The molecule has 7 heteroatoms. The quantitative estimate of drug-likeness (QED) is 0.764. The third-order valence-corrected chi connectivity index (χ3v) is 4.62. The van der Waals surface area contributed by atoms with Crippen LogP contribution in [0, 0.1) is 0 Å². The molecule has 0 spiro atoms. The van der Waals surface area contributed by atoms with Gasteiger partial charge in [0, 0.05) is 5.56 Å². The smallest absolute Gasteiger partial charge is 0.261 e. The van der Waals surface area contributed by atoms with Gasteiger partial charge in [0.2, 0.25) is 0 Å². The third kappa shape index (κ3) is 2.46. The van der Waals surface area contributed by atoms with Crippen LogP contribution >= 0.6 is 0 Å². The van der Waals surface area contributed by atoms with Gasteiger partial charge in [-0.1, -0.05) is 18.0 Å². The van der Waals surface area contributed by atoms with Crippen LogP contribution in [0.2, 0.25) is 0 Å². The van der Waals surface area contributed by atoms with E-state index < -0.39 is 5.54 Å². The summed E-state index contributed by atoms with van der Waals surface area (Å²) < 4.78 is 10.7. The van der Waals surface area contributed by atoms with E-state index in [2.05, 4.69) is 20.3 Å². The molecule has 2 aromatic heterocycles. The second-order valence-electron chi connectivity index (χ2n) is 6.17. The number of benzene rings is 1. The van der Waals surface area contributed by atoms with Gasteiger partial charge in [0.15, 0.2) is 5.82 Å². The molecule has 1 saturated carbocycles. The van der Waals surface area contributed by atoms with Crippen LogP contribution in [-0.4, -0.2) is 27.4 Å². The number of aromatic nitrogens is 4. The zero-order valence-corrected chi connectivity index (χ0v) is 13.5. The zero-order valence-electron chi connectivity index (χ0n) is 13.5. The molecular formula is C17H19N5O2. The van der Waals surface area contributed by atoms with Gasteiger partial charge in [-0.25, -0.2) is 0 Å². The molecule has 0 aliphatic heterocycles. The van der Waals surface area contributed by atoms with Gasteiger partial charge in [-0.3, -0.25) is 5.10 Å². The first-order chi connectivity index (χ1) is 11.7. The Kier molecular flexibility index (Phi) is 3.57. The molecule has 0 radical (unpaired) electrons. The van der Waals surface area contributed by atoms with Crippen LogP contribution in [0.1, 0.15) is 31.5 Å². The first kappa shape index (κ1) is 14.9. The van der Waals surface area contributed by atoms with Crippen LogP contribution in [0.15, 0.2) is 35.0 Å². The number of H-pyrrole nitrogens is 1. The molecule has 2 heterocycles. The summed E-state index contributed by atoms with van der Waals surface area (Å²) in [7, 11) is 1.64. The molecule has 7 nitrogen and oxygen atoms in total. The average molecular weight is 325 g/mol. The van der Waals surface area contributed by atoms with Gasteiger partial charge in [-0.05, 0) is 37.1 Å². The molecule has 0 atom stereocenters. The van der Waals surface area contributed by atoms with Crippen molar-refractivity contribution in [2.75, 3.05) is 7.11 Å². The molecule has 4 rings (SSSR count). The Labute approximate surface area is 139 Å². The van der Waals surface area contributed by atoms with Gasteiger partial charge >= 0.3 is 0 Å². The van der Waals surface area contributed by atoms with Gasteiger partial charge in [0.25, 0.3) is 5.89 Å². The van der Waals surface area contributed by atoms with Gasteiger partial charge in [0.05, 0.1) is 30.1 Å². The Bertz CT molecular complexity index is 831. The molecule has 0 bridgehead atoms. The van der Waals surface area contributed by atoms with E-state index in [4.69, 9.17) is 15.0 Å². The number of hydrogen-bond donors (Lipinski definition) is 2. The lowest BCUT2D eigenvalue weighted by Crippen LogP contribution is -2.34. The van der Waals surface area contributed by atoms with Crippen LogP contribution in [0.4, 0.5) is 0 Å². The van der Waals surface area contributed by atoms with Crippen molar-refractivity contribution in [1.82, 2.24) is 20.3 Å². The minimum Gasteiger partial charge on any atom is -0.497 e. The Morgan fingerprint density at radius 3 is 2.67 bits per heavy atom. The number of nitrogens with two attached hydrogens (primary N) is 1. The van der Waals surface area contributed by atoms with Crippen molar-refractivity contribution < 1.29 is 9.26 Å². The fraction of sp³-hybridized carbons (Fsp3) is 0.353. The molecule has 1 aliphatic rings. The van der Waals surface area contributed by atoms with Crippen molar-refractivity contribution in [3.8, 4) is 28.5 Å². The van der Waals surface area contributed by atoms with E-state index in [1.807, 2.05) is 24.3 Å². The maximum absolute atomic E-state index is 6.41. The highest BCUT2D eigenvalue weighted by molar-refractivity contribution is 5.76. The van der Waals surface area contributed by atoms with Crippen molar-refractivity contribution in [3.63, 3.8) is 0 Å². The lowest BCUT2D eigenvalue weighted by Gasteiger charge is -2.17. The second-order valence-corrected chi connectivity index (χ2v) is 6.17. The Morgan fingerprint density at radius 2 is 1.96 bits per heavy atom. The summed E-state index contributed by atoms with van der Waals surface area (Å²) in [5.74, 6) is 1.81. The molecular weight excluding hydrogens is 306 g/mol. The van der Waals surface area contributed by atoms with E-state index in [1.165, 1.54) is 0 Å².